The van der Waals surface area contributed by atoms with E-state index in [4.69, 9.17) is 0 Å². The lowest BCUT2D eigenvalue weighted by atomic mass is 10.1. The molecule has 2 aromatic heterocycles. The Hall–Kier alpha value is -2.76. The van der Waals surface area contributed by atoms with Crippen LogP contribution in [0, 0.1) is 0 Å². The van der Waals surface area contributed by atoms with Crippen LogP contribution in [0.15, 0.2) is 36.4 Å². The number of para-hydroxylation sites is 1. The first-order chi connectivity index (χ1) is 12.8. The molecule has 0 bridgehead atoms. The third-order valence-corrected chi connectivity index (χ3v) is 5.38. The molecule has 6 heteroatoms. The topological polar surface area (TPSA) is 72.7 Å². The Morgan fingerprint density at radius 2 is 1.92 bits per heavy atom. The number of carbonyl (C=O) groups excluding carboxylic acids is 1. The van der Waals surface area contributed by atoms with Gasteiger partial charge in [0.15, 0.2) is 0 Å². The fourth-order valence-electron chi connectivity index (χ4n) is 3.75. The number of aromatic nitrogens is 4. The third-order valence-electron chi connectivity index (χ3n) is 5.38. The second kappa shape index (κ2) is 6.20. The smallest absolute Gasteiger partial charge is 0.270 e. The molecule has 132 valence electrons. The minimum Gasteiger partial charge on any atom is -0.348 e. The van der Waals surface area contributed by atoms with Crippen molar-refractivity contribution in [3.8, 4) is 0 Å². The van der Waals surface area contributed by atoms with Crippen LogP contribution >= 0.6 is 0 Å². The number of fused-ring (bicyclic) bond motifs is 2. The minimum atomic E-state index is -0.0964. The predicted molar refractivity (Wildman–Crippen MR) is 97.9 cm³/mol. The molecule has 2 aliphatic rings. The summed E-state index contributed by atoms with van der Waals surface area (Å²) in [7, 11) is 0. The highest BCUT2D eigenvalue weighted by atomic mass is 16.1. The van der Waals surface area contributed by atoms with Crippen LogP contribution in [-0.2, 0) is 13.0 Å². The van der Waals surface area contributed by atoms with Gasteiger partial charge in [-0.05, 0) is 37.8 Å². The van der Waals surface area contributed by atoms with Gasteiger partial charge in [0.1, 0.15) is 17.3 Å². The maximum atomic E-state index is 12.7. The van der Waals surface area contributed by atoms with E-state index in [-0.39, 0.29) is 11.9 Å². The Morgan fingerprint density at radius 1 is 1.04 bits per heavy atom. The monoisotopic (exact) mass is 347 g/mol. The highest BCUT2D eigenvalue weighted by Gasteiger charge is 2.31. The van der Waals surface area contributed by atoms with E-state index in [2.05, 4.69) is 25.1 Å². The van der Waals surface area contributed by atoms with Gasteiger partial charge in [-0.15, -0.1) is 10.2 Å². The van der Waals surface area contributed by atoms with Crippen LogP contribution in [-0.4, -0.2) is 31.7 Å². The number of amides is 1. The maximum Gasteiger partial charge on any atom is 0.270 e. The van der Waals surface area contributed by atoms with Crippen LogP contribution in [0.3, 0.4) is 0 Å². The summed E-state index contributed by atoms with van der Waals surface area (Å²) in [6.45, 7) is 0.879. The first-order valence-electron chi connectivity index (χ1n) is 9.36. The Balaban J connectivity index is 1.29. The molecule has 1 saturated carbocycles. The van der Waals surface area contributed by atoms with Crippen molar-refractivity contribution in [1.29, 1.82) is 0 Å². The summed E-state index contributed by atoms with van der Waals surface area (Å²) in [5.41, 5.74) is 1.33. The van der Waals surface area contributed by atoms with Crippen LogP contribution in [0.1, 0.15) is 53.7 Å². The van der Waals surface area contributed by atoms with E-state index in [9.17, 15) is 4.79 Å². The van der Waals surface area contributed by atoms with Gasteiger partial charge in [-0.25, -0.2) is 4.98 Å². The quantitative estimate of drug-likeness (QED) is 0.791. The van der Waals surface area contributed by atoms with Gasteiger partial charge in [0.25, 0.3) is 5.91 Å². The van der Waals surface area contributed by atoms with Crippen molar-refractivity contribution in [2.75, 3.05) is 0 Å². The normalized spacial score (nSPS) is 19.8. The van der Waals surface area contributed by atoms with Gasteiger partial charge in [0.2, 0.25) is 0 Å². The second-order valence-corrected chi connectivity index (χ2v) is 7.29. The lowest BCUT2D eigenvalue weighted by Crippen LogP contribution is -2.35. The largest absolute Gasteiger partial charge is 0.348 e. The predicted octanol–water partition coefficient (Wildman–Crippen LogP) is 2.84. The van der Waals surface area contributed by atoms with Crippen LogP contribution in [0.5, 0.6) is 0 Å². The number of nitrogens with zero attached hydrogens (tertiary/aromatic N) is 4. The average Bonchev–Trinajstić information content (AvgIpc) is 3.47. The zero-order valence-electron chi connectivity index (χ0n) is 14.6. The van der Waals surface area contributed by atoms with E-state index in [0.29, 0.717) is 11.6 Å². The van der Waals surface area contributed by atoms with Crippen molar-refractivity contribution in [1.82, 2.24) is 25.1 Å². The van der Waals surface area contributed by atoms with E-state index in [0.717, 1.165) is 48.4 Å². The van der Waals surface area contributed by atoms with Crippen LogP contribution in [0.25, 0.3) is 10.9 Å². The number of hydrogen-bond acceptors (Lipinski definition) is 4. The molecule has 1 aliphatic heterocycles. The summed E-state index contributed by atoms with van der Waals surface area (Å²) in [5, 5.41) is 13.0. The Kier molecular flexibility index (Phi) is 3.69. The van der Waals surface area contributed by atoms with Gasteiger partial charge in [-0.2, -0.15) is 0 Å². The fourth-order valence-corrected chi connectivity index (χ4v) is 3.75. The summed E-state index contributed by atoms with van der Waals surface area (Å²) < 4.78 is 2.28. The lowest BCUT2D eigenvalue weighted by molar-refractivity contribution is 0.0928. The van der Waals surface area contributed by atoms with Crippen molar-refractivity contribution in [2.24, 2.45) is 0 Å². The van der Waals surface area contributed by atoms with Crippen molar-refractivity contribution in [2.45, 2.75) is 50.6 Å². The van der Waals surface area contributed by atoms with E-state index in [1.165, 1.54) is 12.8 Å². The summed E-state index contributed by atoms with van der Waals surface area (Å²) in [6, 6.07) is 11.7. The second-order valence-electron chi connectivity index (χ2n) is 7.29. The van der Waals surface area contributed by atoms with E-state index in [1.54, 1.807) is 6.07 Å². The minimum absolute atomic E-state index is 0.0964. The van der Waals surface area contributed by atoms with Crippen LogP contribution in [0.2, 0.25) is 0 Å². The van der Waals surface area contributed by atoms with Gasteiger partial charge < -0.3 is 9.88 Å². The average molecular weight is 347 g/mol. The zero-order valence-corrected chi connectivity index (χ0v) is 14.6. The number of rotatable bonds is 3. The molecule has 3 heterocycles. The molecule has 1 N–H and O–H groups in total. The number of hydrogen-bond donors (Lipinski definition) is 1. The number of pyridine rings is 1. The number of nitrogens with one attached hydrogen (secondary N) is 1. The van der Waals surface area contributed by atoms with E-state index >= 15 is 0 Å². The molecule has 1 atom stereocenters. The fraction of sp³-hybridized carbons (Fsp3) is 0.400. The Labute approximate surface area is 151 Å². The Bertz CT molecular complexity index is 975. The van der Waals surface area contributed by atoms with E-state index in [1.807, 2.05) is 30.3 Å². The van der Waals surface area contributed by atoms with Crippen molar-refractivity contribution in [3.05, 3.63) is 53.7 Å². The Morgan fingerprint density at radius 3 is 2.81 bits per heavy atom. The third kappa shape index (κ3) is 2.85. The molecule has 26 heavy (non-hydrogen) atoms. The van der Waals surface area contributed by atoms with Crippen molar-refractivity contribution < 1.29 is 4.79 Å². The molecule has 1 aromatic carbocycles. The molecule has 1 fully saturated rings. The van der Waals surface area contributed by atoms with Crippen molar-refractivity contribution >= 4 is 16.8 Å². The molecular weight excluding hydrogens is 326 g/mol. The van der Waals surface area contributed by atoms with Crippen molar-refractivity contribution in [3.63, 3.8) is 0 Å². The standard InChI is InChI=1S/C20H21N5O/c26-20(17-9-7-13-3-1-2-4-16(13)22-17)21-15-8-10-18-23-24-19(14-5-6-14)25(18)12-11-15/h1-4,7,9,14-15H,5-6,8,10-12H2,(H,21,26). The highest BCUT2D eigenvalue weighted by molar-refractivity contribution is 5.95. The van der Waals surface area contributed by atoms with Gasteiger partial charge in [0.05, 0.1) is 5.52 Å². The van der Waals surface area contributed by atoms with E-state index < -0.39 is 0 Å². The summed E-state index contributed by atoms with van der Waals surface area (Å²) in [5.74, 6) is 2.71. The van der Waals surface area contributed by atoms with Gasteiger partial charge >= 0.3 is 0 Å². The first kappa shape index (κ1) is 15.5. The molecule has 0 spiro atoms. The molecular formula is C20H21N5O. The zero-order chi connectivity index (χ0) is 17.5. The number of benzene rings is 1. The SMILES string of the molecule is O=C(NC1CCc2nnc(C3CC3)n2CC1)c1ccc2ccccc2n1. The molecule has 5 rings (SSSR count). The molecule has 1 unspecified atom stereocenters. The van der Waals surface area contributed by atoms with Crippen LogP contribution < -0.4 is 5.32 Å². The summed E-state index contributed by atoms with van der Waals surface area (Å²) >= 11 is 0. The number of aryl methyl sites for hydroxylation is 1. The molecule has 0 radical (unpaired) electrons. The molecule has 6 nitrogen and oxygen atoms in total. The summed E-state index contributed by atoms with van der Waals surface area (Å²) in [6.07, 6.45) is 5.11. The van der Waals surface area contributed by atoms with Gasteiger partial charge in [-0.1, -0.05) is 24.3 Å². The first-order valence-corrected chi connectivity index (χ1v) is 9.36. The maximum absolute atomic E-state index is 12.7. The highest BCUT2D eigenvalue weighted by Crippen LogP contribution is 2.39. The van der Waals surface area contributed by atoms with Gasteiger partial charge in [-0.3, -0.25) is 4.79 Å². The molecule has 0 saturated heterocycles. The number of carbonyl (C=O) groups is 1. The van der Waals surface area contributed by atoms with Gasteiger partial charge in [0, 0.05) is 30.3 Å². The molecule has 3 aromatic rings. The molecule has 1 amide bonds. The molecule has 1 aliphatic carbocycles. The summed E-state index contributed by atoms with van der Waals surface area (Å²) in [4.78, 5) is 17.2. The van der Waals surface area contributed by atoms with Crippen LogP contribution in [0.4, 0.5) is 0 Å². The lowest BCUT2D eigenvalue weighted by Gasteiger charge is -2.16.